The predicted octanol–water partition coefficient (Wildman–Crippen LogP) is 5.08. The van der Waals surface area contributed by atoms with Gasteiger partial charge in [-0.25, -0.2) is 0 Å². The van der Waals surface area contributed by atoms with E-state index in [-0.39, 0.29) is 0 Å². The van der Waals surface area contributed by atoms with Crippen molar-refractivity contribution >= 4 is 35.0 Å². The summed E-state index contributed by atoms with van der Waals surface area (Å²) in [4.78, 5) is 0. The Morgan fingerprint density at radius 1 is 1.05 bits per heavy atom. The molecule has 0 N–H and O–H groups in total. The van der Waals surface area contributed by atoms with Crippen molar-refractivity contribution in [3.63, 3.8) is 0 Å². The minimum atomic E-state index is 0.671. The topological polar surface area (TPSA) is 30.7 Å². The Kier molecular flexibility index (Phi) is 4.71. The molecule has 0 spiro atoms. The lowest BCUT2D eigenvalue weighted by molar-refractivity contribution is 0.794. The van der Waals surface area contributed by atoms with E-state index in [1.807, 2.05) is 60.1 Å². The van der Waals surface area contributed by atoms with Crippen LogP contribution in [0.25, 0.3) is 11.4 Å². The number of benzene rings is 2. The van der Waals surface area contributed by atoms with Gasteiger partial charge in [0.15, 0.2) is 11.0 Å². The molecule has 0 fully saturated rings. The van der Waals surface area contributed by atoms with Crippen LogP contribution in [0.15, 0.2) is 53.7 Å². The molecule has 1 heterocycles. The van der Waals surface area contributed by atoms with Crippen LogP contribution in [-0.4, -0.2) is 14.8 Å². The first-order valence-corrected chi connectivity index (χ1v) is 8.41. The molecule has 22 heavy (non-hydrogen) atoms. The summed E-state index contributed by atoms with van der Waals surface area (Å²) < 4.78 is 1.95. The lowest BCUT2D eigenvalue weighted by Gasteiger charge is -2.05. The maximum Gasteiger partial charge on any atom is 0.191 e. The van der Waals surface area contributed by atoms with Crippen LogP contribution in [-0.2, 0) is 12.8 Å². The highest BCUT2D eigenvalue weighted by Gasteiger charge is 2.13. The SMILES string of the molecule is Cn1c(SCc2cccc(Cl)c2)nnc1-c1ccccc1Cl. The van der Waals surface area contributed by atoms with E-state index in [0.717, 1.165) is 32.9 Å². The fourth-order valence-corrected chi connectivity index (χ4v) is 3.38. The normalized spacial score (nSPS) is 10.9. The zero-order valence-electron chi connectivity index (χ0n) is 11.8. The monoisotopic (exact) mass is 349 g/mol. The lowest BCUT2D eigenvalue weighted by atomic mass is 10.2. The molecule has 0 atom stereocenters. The van der Waals surface area contributed by atoms with Gasteiger partial charge in [-0.15, -0.1) is 10.2 Å². The van der Waals surface area contributed by atoms with Gasteiger partial charge in [0.1, 0.15) is 0 Å². The predicted molar refractivity (Wildman–Crippen MR) is 92.5 cm³/mol. The second kappa shape index (κ2) is 6.73. The van der Waals surface area contributed by atoms with E-state index in [2.05, 4.69) is 10.2 Å². The molecule has 0 amide bonds. The van der Waals surface area contributed by atoms with Gasteiger partial charge in [0.25, 0.3) is 0 Å². The molecule has 1 aromatic heterocycles. The highest BCUT2D eigenvalue weighted by molar-refractivity contribution is 7.98. The van der Waals surface area contributed by atoms with Crippen molar-refractivity contribution in [2.75, 3.05) is 0 Å². The van der Waals surface area contributed by atoms with Crippen LogP contribution in [0.2, 0.25) is 10.0 Å². The van der Waals surface area contributed by atoms with Crippen molar-refractivity contribution < 1.29 is 0 Å². The number of rotatable bonds is 4. The van der Waals surface area contributed by atoms with Crippen molar-refractivity contribution in [3.8, 4) is 11.4 Å². The third-order valence-electron chi connectivity index (χ3n) is 3.21. The van der Waals surface area contributed by atoms with E-state index in [4.69, 9.17) is 23.2 Å². The summed E-state index contributed by atoms with van der Waals surface area (Å²) in [5, 5.41) is 10.8. The number of hydrogen-bond acceptors (Lipinski definition) is 3. The summed E-state index contributed by atoms with van der Waals surface area (Å²) in [7, 11) is 1.94. The maximum atomic E-state index is 6.23. The Hall–Kier alpha value is -1.49. The van der Waals surface area contributed by atoms with Gasteiger partial charge >= 0.3 is 0 Å². The van der Waals surface area contributed by atoms with Gasteiger partial charge < -0.3 is 4.57 Å². The summed E-state index contributed by atoms with van der Waals surface area (Å²) in [6.07, 6.45) is 0. The quantitative estimate of drug-likeness (QED) is 0.615. The number of hydrogen-bond donors (Lipinski definition) is 0. The van der Waals surface area contributed by atoms with Gasteiger partial charge in [0, 0.05) is 23.4 Å². The molecular weight excluding hydrogens is 337 g/mol. The summed E-state index contributed by atoms with van der Waals surface area (Å²) in [6.45, 7) is 0. The molecule has 6 heteroatoms. The van der Waals surface area contributed by atoms with Crippen LogP contribution in [0.1, 0.15) is 5.56 Å². The highest BCUT2D eigenvalue weighted by Crippen LogP contribution is 2.29. The van der Waals surface area contributed by atoms with Crippen LogP contribution >= 0.6 is 35.0 Å². The molecule has 3 nitrogen and oxygen atoms in total. The zero-order chi connectivity index (χ0) is 15.5. The summed E-state index contributed by atoms with van der Waals surface area (Å²) in [6, 6.07) is 15.5. The first kappa shape index (κ1) is 15.4. The second-order valence-electron chi connectivity index (χ2n) is 4.76. The van der Waals surface area contributed by atoms with Gasteiger partial charge in [-0.1, -0.05) is 59.2 Å². The first-order valence-electron chi connectivity index (χ1n) is 6.66. The van der Waals surface area contributed by atoms with Crippen LogP contribution in [0.5, 0.6) is 0 Å². The molecule has 0 bridgehead atoms. The standard InChI is InChI=1S/C16H13Cl2N3S/c1-21-15(13-7-2-3-8-14(13)18)19-20-16(21)22-10-11-5-4-6-12(17)9-11/h2-9H,10H2,1H3. The number of aromatic nitrogens is 3. The molecule has 2 aromatic carbocycles. The molecule has 3 aromatic rings. The largest absolute Gasteiger partial charge is 0.305 e. The average Bonchev–Trinajstić information content (AvgIpc) is 2.87. The van der Waals surface area contributed by atoms with Crippen LogP contribution < -0.4 is 0 Å². The minimum Gasteiger partial charge on any atom is -0.305 e. The van der Waals surface area contributed by atoms with Crippen LogP contribution in [0.4, 0.5) is 0 Å². The average molecular weight is 350 g/mol. The third kappa shape index (κ3) is 3.29. The molecular formula is C16H13Cl2N3S. The van der Waals surface area contributed by atoms with Gasteiger partial charge in [-0.05, 0) is 29.8 Å². The highest BCUT2D eigenvalue weighted by atomic mass is 35.5. The Morgan fingerprint density at radius 3 is 2.64 bits per heavy atom. The Bertz CT molecular complexity index is 802. The number of nitrogens with zero attached hydrogens (tertiary/aromatic N) is 3. The molecule has 0 saturated carbocycles. The molecule has 0 aliphatic carbocycles. The Balaban J connectivity index is 1.81. The molecule has 0 radical (unpaired) electrons. The number of thioether (sulfide) groups is 1. The number of halogens is 2. The van der Waals surface area contributed by atoms with Gasteiger partial charge in [-0.3, -0.25) is 0 Å². The van der Waals surface area contributed by atoms with E-state index >= 15 is 0 Å². The van der Waals surface area contributed by atoms with Crippen LogP contribution in [0, 0.1) is 0 Å². The fraction of sp³-hybridized carbons (Fsp3) is 0.125. The first-order chi connectivity index (χ1) is 10.6. The van der Waals surface area contributed by atoms with Gasteiger partial charge in [0.2, 0.25) is 0 Å². The maximum absolute atomic E-state index is 6.23. The Morgan fingerprint density at radius 2 is 1.86 bits per heavy atom. The summed E-state index contributed by atoms with van der Waals surface area (Å²) in [5.41, 5.74) is 2.04. The van der Waals surface area contributed by atoms with Crippen molar-refractivity contribution in [2.45, 2.75) is 10.9 Å². The van der Waals surface area contributed by atoms with Gasteiger partial charge in [-0.2, -0.15) is 0 Å². The van der Waals surface area contributed by atoms with Crippen molar-refractivity contribution in [2.24, 2.45) is 7.05 Å². The van der Waals surface area contributed by atoms with E-state index in [0.29, 0.717) is 5.02 Å². The zero-order valence-corrected chi connectivity index (χ0v) is 14.2. The minimum absolute atomic E-state index is 0.671. The summed E-state index contributed by atoms with van der Waals surface area (Å²) >= 11 is 13.8. The molecule has 112 valence electrons. The molecule has 0 saturated heterocycles. The van der Waals surface area contributed by atoms with Crippen LogP contribution in [0.3, 0.4) is 0 Å². The molecule has 0 aliphatic rings. The molecule has 0 unspecified atom stereocenters. The molecule has 3 rings (SSSR count). The Labute approximate surface area is 143 Å². The van der Waals surface area contributed by atoms with E-state index in [9.17, 15) is 0 Å². The van der Waals surface area contributed by atoms with E-state index < -0.39 is 0 Å². The fourth-order valence-electron chi connectivity index (χ4n) is 2.09. The van der Waals surface area contributed by atoms with E-state index in [1.165, 1.54) is 0 Å². The smallest absolute Gasteiger partial charge is 0.191 e. The lowest BCUT2D eigenvalue weighted by Crippen LogP contribution is -1.95. The van der Waals surface area contributed by atoms with E-state index in [1.54, 1.807) is 11.8 Å². The molecule has 0 aliphatic heterocycles. The van der Waals surface area contributed by atoms with Crippen molar-refractivity contribution in [1.82, 2.24) is 14.8 Å². The summed E-state index contributed by atoms with van der Waals surface area (Å²) in [5.74, 6) is 1.55. The van der Waals surface area contributed by atoms with Crippen molar-refractivity contribution in [1.29, 1.82) is 0 Å². The van der Waals surface area contributed by atoms with Crippen molar-refractivity contribution in [3.05, 3.63) is 64.1 Å². The van der Waals surface area contributed by atoms with Gasteiger partial charge in [0.05, 0.1) is 5.02 Å². The second-order valence-corrected chi connectivity index (χ2v) is 6.55. The third-order valence-corrected chi connectivity index (χ3v) is 4.86.